The molecule has 1 fully saturated rings. The summed E-state index contributed by atoms with van der Waals surface area (Å²) in [6.07, 6.45) is 1.28. The van der Waals surface area contributed by atoms with Gasteiger partial charge in [-0.2, -0.15) is 0 Å². The van der Waals surface area contributed by atoms with Crippen LogP contribution >= 0.6 is 0 Å². The maximum Gasteiger partial charge on any atom is 0.314 e. The van der Waals surface area contributed by atoms with Crippen molar-refractivity contribution in [1.82, 2.24) is 10.6 Å². The van der Waals surface area contributed by atoms with Crippen molar-refractivity contribution in [3.8, 4) is 0 Å². The van der Waals surface area contributed by atoms with E-state index >= 15 is 0 Å². The Kier molecular flexibility index (Phi) is 6.07. The molecule has 1 rings (SSSR count). The lowest BCUT2D eigenvalue weighted by atomic mass is 9.93. The van der Waals surface area contributed by atoms with Crippen molar-refractivity contribution >= 4 is 6.03 Å². The molecule has 5 heteroatoms. The van der Waals surface area contributed by atoms with Crippen molar-refractivity contribution in [3.05, 3.63) is 0 Å². The van der Waals surface area contributed by atoms with E-state index < -0.39 is 0 Å². The standard InChI is InChI=1S/C14H28N2O3/c1-10(2)12-11(6-7-19-12)8-15-13(17)16-9-14(3,4)18-5/h10-12H,6-9H2,1-5H3,(H2,15,16,17)/t11-,12-/m1/s1. The van der Waals surface area contributed by atoms with E-state index in [-0.39, 0.29) is 17.7 Å². The molecule has 0 radical (unpaired) electrons. The third-order valence-corrected chi connectivity index (χ3v) is 3.67. The van der Waals surface area contributed by atoms with E-state index in [9.17, 15) is 4.79 Å². The molecule has 0 bridgehead atoms. The van der Waals surface area contributed by atoms with Gasteiger partial charge >= 0.3 is 6.03 Å². The highest BCUT2D eigenvalue weighted by molar-refractivity contribution is 5.73. The third-order valence-electron chi connectivity index (χ3n) is 3.67. The Hall–Kier alpha value is -0.810. The van der Waals surface area contributed by atoms with Crippen LogP contribution in [0, 0.1) is 11.8 Å². The first-order chi connectivity index (χ1) is 8.85. The van der Waals surface area contributed by atoms with Crippen molar-refractivity contribution in [1.29, 1.82) is 0 Å². The molecule has 1 saturated heterocycles. The Morgan fingerprint density at radius 2 is 2.11 bits per heavy atom. The fourth-order valence-electron chi connectivity index (χ4n) is 2.26. The Labute approximate surface area is 116 Å². The average molecular weight is 272 g/mol. The van der Waals surface area contributed by atoms with E-state index in [1.54, 1.807) is 7.11 Å². The molecule has 0 unspecified atom stereocenters. The third kappa shape index (κ3) is 5.37. The number of ether oxygens (including phenoxy) is 2. The highest BCUT2D eigenvalue weighted by Crippen LogP contribution is 2.25. The van der Waals surface area contributed by atoms with Crippen LogP contribution < -0.4 is 10.6 Å². The summed E-state index contributed by atoms with van der Waals surface area (Å²) in [5.41, 5.74) is -0.339. The zero-order chi connectivity index (χ0) is 14.5. The van der Waals surface area contributed by atoms with Crippen LogP contribution in [-0.4, -0.2) is 44.5 Å². The Morgan fingerprint density at radius 1 is 1.42 bits per heavy atom. The predicted octanol–water partition coefficient (Wildman–Crippen LogP) is 1.77. The number of methoxy groups -OCH3 is 1. The first kappa shape index (κ1) is 16.2. The smallest absolute Gasteiger partial charge is 0.314 e. The number of hydrogen-bond donors (Lipinski definition) is 2. The van der Waals surface area contributed by atoms with Gasteiger partial charge in [-0.25, -0.2) is 4.79 Å². The van der Waals surface area contributed by atoms with E-state index in [1.165, 1.54) is 0 Å². The van der Waals surface area contributed by atoms with Crippen molar-refractivity contribution in [2.45, 2.75) is 45.8 Å². The van der Waals surface area contributed by atoms with Gasteiger partial charge in [-0.05, 0) is 26.2 Å². The van der Waals surface area contributed by atoms with Crippen molar-refractivity contribution in [2.75, 3.05) is 26.8 Å². The highest BCUT2D eigenvalue weighted by Gasteiger charge is 2.30. The number of amides is 2. The van der Waals surface area contributed by atoms with Crippen LogP contribution in [0.15, 0.2) is 0 Å². The summed E-state index contributed by atoms with van der Waals surface area (Å²) in [4.78, 5) is 11.7. The molecule has 2 N–H and O–H groups in total. The SMILES string of the molecule is COC(C)(C)CNC(=O)NC[C@H]1CCO[C@@H]1C(C)C. The van der Waals surface area contributed by atoms with E-state index in [4.69, 9.17) is 9.47 Å². The Balaban J connectivity index is 2.27. The van der Waals surface area contributed by atoms with Gasteiger partial charge in [-0.3, -0.25) is 0 Å². The van der Waals surface area contributed by atoms with Gasteiger partial charge in [0.25, 0.3) is 0 Å². The zero-order valence-corrected chi connectivity index (χ0v) is 12.8. The average Bonchev–Trinajstić information content (AvgIpc) is 2.82. The number of carbonyl (C=O) groups excluding carboxylic acids is 1. The van der Waals surface area contributed by atoms with E-state index in [0.717, 1.165) is 13.0 Å². The van der Waals surface area contributed by atoms with Gasteiger partial charge in [0.2, 0.25) is 0 Å². The molecule has 0 saturated carbocycles. The normalized spacial score (nSPS) is 23.7. The van der Waals surface area contributed by atoms with Crippen molar-refractivity contribution in [2.24, 2.45) is 11.8 Å². The zero-order valence-electron chi connectivity index (χ0n) is 12.8. The van der Waals surface area contributed by atoms with Gasteiger partial charge in [0.05, 0.1) is 11.7 Å². The van der Waals surface area contributed by atoms with Gasteiger partial charge in [-0.15, -0.1) is 0 Å². The molecule has 5 nitrogen and oxygen atoms in total. The van der Waals surface area contributed by atoms with Crippen molar-refractivity contribution in [3.63, 3.8) is 0 Å². The van der Waals surface area contributed by atoms with Crippen LogP contribution in [-0.2, 0) is 9.47 Å². The van der Waals surface area contributed by atoms with E-state index in [1.807, 2.05) is 13.8 Å². The molecule has 1 aliphatic heterocycles. The van der Waals surface area contributed by atoms with Crippen LogP contribution in [0.5, 0.6) is 0 Å². The minimum absolute atomic E-state index is 0.139. The molecular formula is C14H28N2O3. The summed E-state index contributed by atoms with van der Waals surface area (Å²) in [5, 5.41) is 5.75. The van der Waals surface area contributed by atoms with Crippen LogP contribution in [0.1, 0.15) is 34.1 Å². The first-order valence-corrected chi connectivity index (χ1v) is 7.04. The first-order valence-electron chi connectivity index (χ1n) is 7.04. The number of hydrogen-bond acceptors (Lipinski definition) is 3. The van der Waals surface area contributed by atoms with Crippen molar-refractivity contribution < 1.29 is 14.3 Å². The predicted molar refractivity (Wildman–Crippen MR) is 75.2 cm³/mol. The number of nitrogens with one attached hydrogen (secondary N) is 2. The molecule has 0 aliphatic carbocycles. The minimum Gasteiger partial charge on any atom is -0.378 e. The largest absolute Gasteiger partial charge is 0.378 e. The molecule has 0 aromatic heterocycles. The van der Waals surface area contributed by atoms with Gasteiger partial charge in [0.1, 0.15) is 0 Å². The van der Waals surface area contributed by atoms with Gasteiger partial charge in [-0.1, -0.05) is 13.8 Å². The van der Waals surface area contributed by atoms with Crippen LogP contribution in [0.4, 0.5) is 4.79 Å². The monoisotopic (exact) mass is 272 g/mol. The second kappa shape index (κ2) is 7.10. The molecule has 19 heavy (non-hydrogen) atoms. The van der Waals surface area contributed by atoms with Crippen LogP contribution in [0.3, 0.4) is 0 Å². The Bertz CT molecular complexity index is 292. The Morgan fingerprint density at radius 3 is 2.68 bits per heavy atom. The fraction of sp³-hybridized carbons (Fsp3) is 0.929. The maximum atomic E-state index is 11.7. The quantitative estimate of drug-likeness (QED) is 0.775. The number of urea groups is 1. The molecule has 2 amide bonds. The summed E-state index contributed by atoms with van der Waals surface area (Å²) < 4.78 is 11.0. The van der Waals surface area contributed by atoms with E-state index in [0.29, 0.717) is 24.9 Å². The maximum absolute atomic E-state index is 11.7. The number of rotatable bonds is 6. The molecule has 1 heterocycles. The molecular weight excluding hydrogens is 244 g/mol. The molecule has 112 valence electrons. The minimum atomic E-state index is -0.339. The highest BCUT2D eigenvalue weighted by atomic mass is 16.5. The molecule has 1 aliphatic rings. The summed E-state index contributed by atoms with van der Waals surface area (Å²) in [7, 11) is 1.64. The second-order valence-corrected chi connectivity index (χ2v) is 6.16. The van der Waals surface area contributed by atoms with Gasteiger partial charge in [0, 0.05) is 32.7 Å². The summed E-state index contributed by atoms with van der Waals surface area (Å²) in [5.74, 6) is 0.908. The summed E-state index contributed by atoms with van der Waals surface area (Å²) in [6, 6.07) is -0.139. The van der Waals surface area contributed by atoms with Crippen LogP contribution in [0.25, 0.3) is 0 Å². The fourth-order valence-corrected chi connectivity index (χ4v) is 2.26. The molecule has 2 atom stereocenters. The lowest BCUT2D eigenvalue weighted by molar-refractivity contribution is 0.0252. The van der Waals surface area contributed by atoms with Gasteiger partial charge < -0.3 is 20.1 Å². The van der Waals surface area contributed by atoms with Gasteiger partial charge in [0.15, 0.2) is 0 Å². The lowest BCUT2D eigenvalue weighted by Gasteiger charge is -2.24. The molecule has 0 aromatic carbocycles. The lowest BCUT2D eigenvalue weighted by Crippen LogP contribution is -2.46. The van der Waals surface area contributed by atoms with Crippen LogP contribution in [0.2, 0.25) is 0 Å². The molecule has 0 aromatic rings. The summed E-state index contributed by atoms with van der Waals surface area (Å²) in [6.45, 7) is 10.1. The summed E-state index contributed by atoms with van der Waals surface area (Å²) >= 11 is 0. The number of carbonyl (C=O) groups is 1. The second-order valence-electron chi connectivity index (χ2n) is 6.16. The topological polar surface area (TPSA) is 59.6 Å². The molecule has 0 spiro atoms. The van der Waals surface area contributed by atoms with E-state index in [2.05, 4.69) is 24.5 Å².